The minimum absolute atomic E-state index is 0.106. The number of carbonyl (C=O) groups excluding carboxylic acids is 4. The van der Waals surface area contributed by atoms with Gasteiger partial charge in [0.15, 0.2) is 6.61 Å². The zero-order valence-corrected chi connectivity index (χ0v) is 19.0. The summed E-state index contributed by atoms with van der Waals surface area (Å²) < 4.78 is 5.20. The summed E-state index contributed by atoms with van der Waals surface area (Å²) in [7, 11) is 0. The van der Waals surface area contributed by atoms with E-state index in [4.69, 9.17) is 4.74 Å². The topological polar surface area (TPSA) is 92.8 Å². The fourth-order valence-electron chi connectivity index (χ4n) is 4.68. The number of hydrogen-bond acceptors (Lipinski definition) is 5. The lowest BCUT2D eigenvalue weighted by atomic mass is 9.88. The molecule has 0 aromatic heterocycles. The van der Waals surface area contributed by atoms with Crippen LogP contribution in [-0.4, -0.2) is 35.2 Å². The number of benzene rings is 3. The Morgan fingerprint density at radius 1 is 0.914 bits per heavy atom. The smallest absolute Gasteiger partial charge is 0.338 e. The van der Waals surface area contributed by atoms with Gasteiger partial charge in [-0.15, -0.1) is 0 Å². The molecule has 0 saturated heterocycles. The minimum atomic E-state index is -0.728. The van der Waals surface area contributed by atoms with Crippen LogP contribution in [0.5, 0.6) is 0 Å². The Bertz CT molecular complexity index is 1320. The molecule has 35 heavy (non-hydrogen) atoms. The molecule has 3 aromatic rings. The molecule has 1 aliphatic heterocycles. The van der Waals surface area contributed by atoms with Crippen LogP contribution in [-0.2, 0) is 22.5 Å². The first-order valence-corrected chi connectivity index (χ1v) is 11.6. The van der Waals surface area contributed by atoms with Gasteiger partial charge in [0.25, 0.3) is 17.7 Å². The van der Waals surface area contributed by atoms with E-state index in [2.05, 4.69) is 11.4 Å². The van der Waals surface area contributed by atoms with Crippen molar-refractivity contribution in [2.24, 2.45) is 0 Å². The first-order chi connectivity index (χ1) is 17.0. The lowest BCUT2D eigenvalue weighted by Gasteiger charge is -2.26. The van der Waals surface area contributed by atoms with E-state index in [-0.39, 0.29) is 35.2 Å². The number of imide groups is 1. The van der Waals surface area contributed by atoms with Crippen molar-refractivity contribution >= 4 is 23.7 Å². The molecule has 0 fully saturated rings. The third kappa shape index (κ3) is 4.57. The van der Waals surface area contributed by atoms with Crippen molar-refractivity contribution in [3.63, 3.8) is 0 Å². The van der Waals surface area contributed by atoms with Crippen molar-refractivity contribution in [3.8, 4) is 0 Å². The van der Waals surface area contributed by atoms with Crippen LogP contribution in [0.1, 0.15) is 66.6 Å². The Labute approximate surface area is 202 Å². The fraction of sp³-hybridized carbons (Fsp3) is 0.214. The first-order valence-electron chi connectivity index (χ1n) is 11.6. The fourth-order valence-corrected chi connectivity index (χ4v) is 4.68. The van der Waals surface area contributed by atoms with E-state index in [1.54, 1.807) is 0 Å². The van der Waals surface area contributed by atoms with E-state index in [1.165, 1.54) is 23.8 Å². The molecule has 1 aliphatic carbocycles. The van der Waals surface area contributed by atoms with Crippen molar-refractivity contribution in [2.45, 2.75) is 31.8 Å². The Balaban J connectivity index is 1.21. The molecule has 7 nitrogen and oxygen atoms in total. The van der Waals surface area contributed by atoms with Crippen LogP contribution in [0.2, 0.25) is 0 Å². The third-order valence-electron chi connectivity index (χ3n) is 6.43. The minimum Gasteiger partial charge on any atom is -0.452 e. The first kappa shape index (κ1) is 22.5. The SMILES string of the molecule is O=C(COC(=O)c1ccc2c(c1)C(=O)N(Cc1ccccc1)C2=O)NC1CCCc2ccccc21. The number of ether oxygens (including phenoxy) is 1. The predicted molar refractivity (Wildman–Crippen MR) is 128 cm³/mol. The summed E-state index contributed by atoms with van der Waals surface area (Å²) in [6.07, 6.45) is 2.79. The van der Waals surface area contributed by atoms with Gasteiger partial charge in [-0.25, -0.2) is 4.79 Å². The number of nitrogens with zero attached hydrogens (tertiary/aromatic N) is 1. The summed E-state index contributed by atoms with van der Waals surface area (Å²) in [5.74, 6) is -1.98. The summed E-state index contributed by atoms with van der Waals surface area (Å²) in [5, 5.41) is 2.94. The molecule has 5 rings (SSSR count). The standard InChI is InChI=1S/C28H24N2O5/c31-25(29-24-12-6-10-19-9-4-5-11-21(19)24)17-35-28(34)20-13-14-22-23(15-20)27(33)30(26(22)32)16-18-7-2-1-3-8-18/h1-5,7-9,11,13-15,24H,6,10,12,16-17H2,(H,29,31). The highest BCUT2D eigenvalue weighted by molar-refractivity contribution is 6.21. The molecule has 0 spiro atoms. The molecule has 7 heteroatoms. The van der Waals surface area contributed by atoms with Crippen LogP contribution in [0.3, 0.4) is 0 Å². The van der Waals surface area contributed by atoms with E-state index in [0.717, 1.165) is 35.3 Å². The van der Waals surface area contributed by atoms with Gasteiger partial charge in [-0.3, -0.25) is 19.3 Å². The maximum Gasteiger partial charge on any atom is 0.338 e. The lowest BCUT2D eigenvalue weighted by molar-refractivity contribution is -0.125. The second kappa shape index (κ2) is 9.54. The number of esters is 1. The van der Waals surface area contributed by atoms with Crippen LogP contribution < -0.4 is 5.32 Å². The van der Waals surface area contributed by atoms with Crippen molar-refractivity contribution < 1.29 is 23.9 Å². The zero-order chi connectivity index (χ0) is 24.4. The maximum absolute atomic E-state index is 12.9. The molecule has 0 bridgehead atoms. The highest BCUT2D eigenvalue weighted by Gasteiger charge is 2.36. The van der Waals surface area contributed by atoms with Crippen LogP contribution >= 0.6 is 0 Å². The quantitative estimate of drug-likeness (QED) is 0.438. The molecule has 1 unspecified atom stereocenters. The Kier molecular flexibility index (Phi) is 6.14. The summed E-state index contributed by atoms with van der Waals surface area (Å²) in [5.41, 5.74) is 3.66. The monoisotopic (exact) mass is 468 g/mol. The van der Waals surface area contributed by atoms with Crippen molar-refractivity contribution in [1.29, 1.82) is 0 Å². The Morgan fingerprint density at radius 2 is 1.66 bits per heavy atom. The molecular formula is C28H24N2O5. The number of amides is 3. The van der Waals surface area contributed by atoms with Gasteiger partial charge >= 0.3 is 5.97 Å². The predicted octanol–water partition coefficient (Wildman–Crippen LogP) is 3.83. The second-order valence-electron chi connectivity index (χ2n) is 8.73. The Hall–Kier alpha value is -4.26. The van der Waals surface area contributed by atoms with Gasteiger partial charge in [0.1, 0.15) is 0 Å². The molecule has 3 aromatic carbocycles. The van der Waals surface area contributed by atoms with Crippen molar-refractivity contribution in [2.75, 3.05) is 6.61 Å². The molecule has 1 atom stereocenters. The highest BCUT2D eigenvalue weighted by Crippen LogP contribution is 2.29. The molecular weight excluding hydrogens is 444 g/mol. The van der Waals surface area contributed by atoms with E-state index >= 15 is 0 Å². The summed E-state index contributed by atoms with van der Waals surface area (Å²) >= 11 is 0. The zero-order valence-electron chi connectivity index (χ0n) is 19.0. The van der Waals surface area contributed by atoms with Gasteiger partial charge in [0, 0.05) is 0 Å². The number of rotatable bonds is 6. The van der Waals surface area contributed by atoms with Gasteiger partial charge in [-0.2, -0.15) is 0 Å². The van der Waals surface area contributed by atoms with E-state index in [9.17, 15) is 19.2 Å². The molecule has 176 valence electrons. The molecule has 2 aliphatic rings. The molecule has 1 N–H and O–H groups in total. The second-order valence-corrected chi connectivity index (χ2v) is 8.73. The number of carbonyl (C=O) groups is 4. The summed E-state index contributed by atoms with van der Waals surface area (Å²) in [6, 6.07) is 21.4. The van der Waals surface area contributed by atoms with Crippen LogP contribution in [0.4, 0.5) is 0 Å². The number of nitrogens with one attached hydrogen (secondary N) is 1. The van der Waals surface area contributed by atoms with E-state index in [0.29, 0.717) is 0 Å². The maximum atomic E-state index is 12.9. The average molecular weight is 469 g/mol. The molecule has 3 amide bonds. The summed E-state index contributed by atoms with van der Waals surface area (Å²) in [4.78, 5) is 51.8. The number of hydrogen-bond donors (Lipinski definition) is 1. The largest absolute Gasteiger partial charge is 0.452 e. The van der Waals surface area contributed by atoms with Crippen molar-refractivity contribution in [1.82, 2.24) is 10.2 Å². The molecule has 0 radical (unpaired) electrons. The Morgan fingerprint density at radius 3 is 2.49 bits per heavy atom. The third-order valence-corrected chi connectivity index (χ3v) is 6.43. The molecule has 0 saturated carbocycles. The van der Waals surface area contributed by atoms with Gasteiger partial charge in [0.05, 0.1) is 29.3 Å². The average Bonchev–Trinajstić information content (AvgIpc) is 3.12. The van der Waals surface area contributed by atoms with Crippen LogP contribution in [0.15, 0.2) is 72.8 Å². The van der Waals surface area contributed by atoms with E-state index in [1.807, 2.05) is 48.5 Å². The number of fused-ring (bicyclic) bond motifs is 2. The molecule has 1 heterocycles. The van der Waals surface area contributed by atoms with Crippen molar-refractivity contribution in [3.05, 3.63) is 106 Å². The van der Waals surface area contributed by atoms with Crippen LogP contribution in [0, 0.1) is 0 Å². The number of aryl methyl sites for hydroxylation is 1. The summed E-state index contributed by atoms with van der Waals surface area (Å²) in [6.45, 7) is -0.279. The van der Waals surface area contributed by atoms with Gasteiger partial charge in [0.2, 0.25) is 0 Å². The van der Waals surface area contributed by atoms with E-state index < -0.39 is 24.4 Å². The van der Waals surface area contributed by atoms with Crippen LogP contribution in [0.25, 0.3) is 0 Å². The van der Waals surface area contributed by atoms with Gasteiger partial charge in [-0.05, 0) is 54.2 Å². The lowest BCUT2D eigenvalue weighted by Crippen LogP contribution is -2.34. The van der Waals surface area contributed by atoms with Gasteiger partial charge < -0.3 is 10.1 Å². The normalized spacial score (nSPS) is 16.5. The van der Waals surface area contributed by atoms with Gasteiger partial charge in [-0.1, -0.05) is 54.6 Å². The highest BCUT2D eigenvalue weighted by atomic mass is 16.5.